The SMILES string of the molecule is CC(C)=CCc1cc(/C=C2\OC(=O)C=C2c2ccc(O)cc2)ccc1O. The van der Waals surface area contributed by atoms with Crippen molar-refractivity contribution in [1.29, 1.82) is 0 Å². The van der Waals surface area contributed by atoms with E-state index in [9.17, 15) is 15.0 Å². The third-order valence-electron chi connectivity index (χ3n) is 4.05. The molecule has 0 spiro atoms. The molecule has 4 heteroatoms. The first kappa shape index (κ1) is 17.5. The van der Waals surface area contributed by atoms with Crippen molar-refractivity contribution in [3.8, 4) is 11.5 Å². The summed E-state index contributed by atoms with van der Waals surface area (Å²) in [4.78, 5) is 11.8. The Labute approximate surface area is 152 Å². The number of esters is 1. The Morgan fingerprint density at radius 2 is 1.81 bits per heavy atom. The maximum atomic E-state index is 11.8. The third kappa shape index (κ3) is 4.03. The predicted molar refractivity (Wildman–Crippen MR) is 101 cm³/mol. The molecule has 0 saturated heterocycles. The van der Waals surface area contributed by atoms with Crippen LogP contribution in [0.4, 0.5) is 0 Å². The fourth-order valence-electron chi connectivity index (χ4n) is 2.68. The molecule has 2 N–H and O–H groups in total. The van der Waals surface area contributed by atoms with Crippen molar-refractivity contribution < 1.29 is 19.7 Å². The molecular weight excluding hydrogens is 328 g/mol. The second-order valence-electron chi connectivity index (χ2n) is 6.41. The number of carbonyl (C=O) groups is 1. The molecule has 132 valence electrons. The lowest BCUT2D eigenvalue weighted by Crippen LogP contribution is -1.92. The number of hydrogen-bond donors (Lipinski definition) is 2. The fraction of sp³-hybridized carbons (Fsp3) is 0.136. The van der Waals surface area contributed by atoms with Crippen LogP contribution >= 0.6 is 0 Å². The van der Waals surface area contributed by atoms with Gasteiger partial charge in [0, 0.05) is 11.6 Å². The molecule has 0 aliphatic carbocycles. The first-order chi connectivity index (χ1) is 12.4. The number of cyclic esters (lactones) is 1. The molecule has 0 saturated carbocycles. The van der Waals surface area contributed by atoms with Gasteiger partial charge in [-0.3, -0.25) is 0 Å². The molecule has 0 atom stereocenters. The summed E-state index contributed by atoms with van der Waals surface area (Å²) in [5.74, 6) is 0.414. The van der Waals surface area contributed by atoms with Gasteiger partial charge in [-0.15, -0.1) is 0 Å². The maximum absolute atomic E-state index is 11.8. The number of carbonyl (C=O) groups excluding carboxylic acids is 1. The van der Waals surface area contributed by atoms with Gasteiger partial charge in [-0.1, -0.05) is 29.8 Å². The molecule has 3 rings (SSSR count). The highest BCUT2D eigenvalue weighted by molar-refractivity contribution is 6.03. The van der Waals surface area contributed by atoms with Gasteiger partial charge < -0.3 is 14.9 Å². The lowest BCUT2D eigenvalue weighted by atomic mass is 10.0. The molecule has 0 bridgehead atoms. The van der Waals surface area contributed by atoms with E-state index >= 15 is 0 Å². The van der Waals surface area contributed by atoms with Crippen LogP contribution in [0.1, 0.15) is 30.5 Å². The van der Waals surface area contributed by atoms with E-state index < -0.39 is 5.97 Å². The summed E-state index contributed by atoms with van der Waals surface area (Å²) < 4.78 is 5.32. The van der Waals surface area contributed by atoms with E-state index in [-0.39, 0.29) is 11.5 Å². The summed E-state index contributed by atoms with van der Waals surface area (Å²) in [5.41, 5.74) is 4.25. The highest BCUT2D eigenvalue weighted by Gasteiger charge is 2.21. The summed E-state index contributed by atoms with van der Waals surface area (Å²) >= 11 is 0. The Hall–Kier alpha value is -3.27. The average molecular weight is 348 g/mol. The number of rotatable bonds is 4. The number of benzene rings is 2. The predicted octanol–water partition coefficient (Wildman–Crippen LogP) is 4.59. The van der Waals surface area contributed by atoms with Crippen LogP contribution in [0.15, 0.2) is 65.9 Å². The Morgan fingerprint density at radius 3 is 2.50 bits per heavy atom. The molecule has 1 heterocycles. The first-order valence-electron chi connectivity index (χ1n) is 8.32. The Balaban J connectivity index is 1.94. The average Bonchev–Trinajstić information content (AvgIpc) is 2.96. The van der Waals surface area contributed by atoms with Crippen LogP contribution in [-0.4, -0.2) is 16.2 Å². The van der Waals surface area contributed by atoms with Gasteiger partial charge in [0.25, 0.3) is 0 Å². The molecule has 1 aliphatic heterocycles. The van der Waals surface area contributed by atoms with Gasteiger partial charge in [0.1, 0.15) is 17.3 Å². The van der Waals surface area contributed by atoms with Crippen LogP contribution in [0, 0.1) is 0 Å². The van der Waals surface area contributed by atoms with Crippen LogP contribution in [0.2, 0.25) is 0 Å². The van der Waals surface area contributed by atoms with Crippen molar-refractivity contribution in [3.05, 3.63) is 82.6 Å². The maximum Gasteiger partial charge on any atom is 0.336 e. The number of phenols is 2. The minimum Gasteiger partial charge on any atom is -0.508 e. The van der Waals surface area contributed by atoms with Gasteiger partial charge in [-0.05, 0) is 67.3 Å². The third-order valence-corrected chi connectivity index (χ3v) is 4.05. The minimum absolute atomic E-state index is 0.160. The van der Waals surface area contributed by atoms with E-state index in [0.717, 1.165) is 16.7 Å². The summed E-state index contributed by atoms with van der Waals surface area (Å²) in [5, 5.41) is 19.5. The van der Waals surface area contributed by atoms with Crippen LogP contribution in [0.25, 0.3) is 11.6 Å². The zero-order valence-corrected chi connectivity index (χ0v) is 14.7. The summed E-state index contributed by atoms with van der Waals surface area (Å²) in [6.45, 7) is 4.02. The van der Waals surface area contributed by atoms with E-state index in [1.165, 1.54) is 11.6 Å². The van der Waals surface area contributed by atoms with Crippen molar-refractivity contribution in [1.82, 2.24) is 0 Å². The number of allylic oxidation sites excluding steroid dienone is 3. The van der Waals surface area contributed by atoms with E-state index in [4.69, 9.17) is 4.74 Å². The van der Waals surface area contributed by atoms with Gasteiger partial charge in [0.05, 0.1) is 0 Å². The molecule has 2 aromatic rings. The van der Waals surface area contributed by atoms with Crippen LogP contribution < -0.4 is 0 Å². The Bertz CT molecular complexity index is 927. The number of ether oxygens (including phenoxy) is 1. The van der Waals surface area contributed by atoms with Gasteiger partial charge in [0.15, 0.2) is 0 Å². The van der Waals surface area contributed by atoms with Crippen molar-refractivity contribution in [3.63, 3.8) is 0 Å². The van der Waals surface area contributed by atoms with Gasteiger partial charge in [-0.25, -0.2) is 4.79 Å². The van der Waals surface area contributed by atoms with E-state index in [1.807, 2.05) is 26.0 Å². The molecule has 0 radical (unpaired) electrons. The quantitative estimate of drug-likeness (QED) is 0.626. The van der Waals surface area contributed by atoms with E-state index in [2.05, 4.69) is 0 Å². The molecular formula is C22H20O4. The smallest absolute Gasteiger partial charge is 0.336 e. The molecule has 0 amide bonds. The molecule has 0 unspecified atom stereocenters. The first-order valence-corrected chi connectivity index (χ1v) is 8.32. The van der Waals surface area contributed by atoms with Crippen molar-refractivity contribution in [2.45, 2.75) is 20.3 Å². The standard InChI is InChI=1S/C22H20O4/c1-14(2)3-5-17-11-15(4-10-20(17)24)12-21-19(13-22(25)26-21)16-6-8-18(23)9-7-16/h3-4,6-13,23-24H,5H2,1-2H3/b21-12-. The van der Waals surface area contributed by atoms with Gasteiger partial charge in [0.2, 0.25) is 0 Å². The Kier molecular flexibility index (Phi) is 4.94. The van der Waals surface area contributed by atoms with Gasteiger partial charge in [-0.2, -0.15) is 0 Å². The summed E-state index contributed by atoms with van der Waals surface area (Å²) in [7, 11) is 0. The topological polar surface area (TPSA) is 66.8 Å². The lowest BCUT2D eigenvalue weighted by Gasteiger charge is -2.07. The van der Waals surface area contributed by atoms with Crippen LogP contribution in [0.3, 0.4) is 0 Å². The highest BCUT2D eigenvalue weighted by atomic mass is 16.5. The van der Waals surface area contributed by atoms with Crippen LogP contribution in [-0.2, 0) is 16.0 Å². The minimum atomic E-state index is -0.428. The summed E-state index contributed by atoms with van der Waals surface area (Å²) in [6, 6.07) is 11.9. The Morgan fingerprint density at radius 1 is 1.08 bits per heavy atom. The highest BCUT2D eigenvalue weighted by Crippen LogP contribution is 2.32. The molecule has 26 heavy (non-hydrogen) atoms. The fourth-order valence-corrected chi connectivity index (χ4v) is 2.68. The largest absolute Gasteiger partial charge is 0.508 e. The zero-order valence-electron chi connectivity index (χ0n) is 14.7. The monoisotopic (exact) mass is 348 g/mol. The zero-order chi connectivity index (χ0) is 18.7. The van der Waals surface area contributed by atoms with Crippen molar-refractivity contribution >= 4 is 17.6 Å². The van der Waals surface area contributed by atoms with Crippen molar-refractivity contribution in [2.24, 2.45) is 0 Å². The molecule has 2 aromatic carbocycles. The van der Waals surface area contributed by atoms with Gasteiger partial charge >= 0.3 is 5.97 Å². The summed E-state index contributed by atoms with van der Waals surface area (Å²) in [6.07, 6.45) is 5.88. The van der Waals surface area contributed by atoms with E-state index in [0.29, 0.717) is 17.8 Å². The number of phenolic OH excluding ortho intramolecular Hbond substituents is 2. The number of aromatic hydroxyl groups is 2. The molecule has 0 aromatic heterocycles. The second-order valence-corrected chi connectivity index (χ2v) is 6.41. The molecule has 0 fully saturated rings. The number of hydrogen-bond acceptors (Lipinski definition) is 4. The molecule has 1 aliphatic rings. The lowest BCUT2D eigenvalue weighted by molar-refractivity contribution is -0.132. The normalized spacial score (nSPS) is 14.9. The van der Waals surface area contributed by atoms with Crippen LogP contribution in [0.5, 0.6) is 11.5 Å². The second kappa shape index (κ2) is 7.31. The molecule has 4 nitrogen and oxygen atoms in total. The van der Waals surface area contributed by atoms with E-state index in [1.54, 1.807) is 42.5 Å². The van der Waals surface area contributed by atoms with Crippen molar-refractivity contribution in [2.75, 3.05) is 0 Å².